The molecule has 1 nitrogen and oxygen atoms in total. The van der Waals surface area contributed by atoms with E-state index in [0.717, 1.165) is 21.5 Å². The molecular formula is C11H9ClO. The smallest absolute Gasteiger partial charge is 0.119 e. The summed E-state index contributed by atoms with van der Waals surface area (Å²) in [6, 6.07) is 11.7. The maximum Gasteiger partial charge on any atom is 0.119 e. The van der Waals surface area contributed by atoms with Crippen LogP contribution < -0.4 is 4.74 Å². The lowest BCUT2D eigenvalue weighted by atomic mass is 10.1. The van der Waals surface area contributed by atoms with Gasteiger partial charge in [-0.25, -0.2) is 0 Å². The van der Waals surface area contributed by atoms with Crippen molar-refractivity contribution in [1.82, 2.24) is 0 Å². The molecule has 0 N–H and O–H groups in total. The summed E-state index contributed by atoms with van der Waals surface area (Å²) in [4.78, 5) is 0. The molecule has 66 valence electrons. The molecule has 0 radical (unpaired) electrons. The number of hydrogen-bond acceptors (Lipinski definition) is 1. The molecule has 2 aromatic carbocycles. The predicted octanol–water partition coefficient (Wildman–Crippen LogP) is 3.50. The highest BCUT2D eigenvalue weighted by Gasteiger charge is 1.98. The van der Waals surface area contributed by atoms with Gasteiger partial charge < -0.3 is 4.74 Å². The van der Waals surface area contributed by atoms with E-state index in [0.29, 0.717) is 0 Å². The normalized spacial score (nSPS) is 10.3. The number of halogens is 1. The summed E-state index contributed by atoms with van der Waals surface area (Å²) in [6.45, 7) is 0. The first-order chi connectivity index (χ1) is 6.31. The predicted molar refractivity (Wildman–Crippen MR) is 55.5 cm³/mol. The molecule has 0 fully saturated rings. The van der Waals surface area contributed by atoms with Crippen molar-refractivity contribution >= 4 is 22.4 Å². The second kappa shape index (κ2) is 3.27. The van der Waals surface area contributed by atoms with Crippen LogP contribution in [0.4, 0.5) is 0 Å². The minimum Gasteiger partial charge on any atom is -0.497 e. The third-order valence-corrected chi connectivity index (χ3v) is 2.36. The van der Waals surface area contributed by atoms with Gasteiger partial charge in [-0.15, -0.1) is 0 Å². The van der Waals surface area contributed by atoms with Crippen LogP contribution in [-0.4, -0.2) is 7.11 Å². The Morgan fingerprint density at radius 3 is 2.77 bits per heavy atom. The van der Waals surface area contributed by atoms with Gasteiger partial charge in [-0.3, -0.25) is 0 Å². The fourth-order valence-electron chi connectivity index (χ4n) is 1.35. The van der Waals surface area contributed by atoms with Crippen molar-refractivity contribution in [3.8, 4) is 5.75 Å². The Kier molecular flexibility index (Phi) is 2.11. The summed E-state index contributed by atoms with van der Waals surface area (Å²) < 4.78 is 5.12. The lowest BCUT2D eigenvalue weighted by Crippen LogP contribution is -1.82. The Morgan fingerprint density at radius 2 is 2.00 bits per heavy atom. The van der Waals surface area contributed by atoms with E-state index in [9.17, 15) is 0 Å². The Balaban J connectivity index is 2.72. The van der Waals surface area contributed by atoms with Crippen molar-refractivity contribution in [1.29, 1.82) is 0 Å². The molecule has 0 aliphatic carbocycles. The zero-order chi connectivity index (χ0) is 9.26. The van der Waals surface area contributed by atoms with Crippen LogP contribution in [0.3, 0.4) is 0 Å². The Bertz CT molecular complexity index is 437. The lowest BCUT2D eigenvalue weighted by molar-refractivity contribution is 0.415. The summed E-state index contributed by atoms with van der Waals surface area (Å²) in [6.07, 6.45) is 0. The fraction of sp³-hybridized carbons (Fsp3) is 0.0909. The van der Waals surface area contributed by atoms with Gasteiger partial charge >= 0.3 is 0 Å². The largest absolute Gasteiger partial charge is 0.497 e. The SMILES string of the molecule is COc1ccc2c(Cl)cccc2c1. The van der Waals surface area contributed by atoms with Crippen molar-refractivity contribution in [2.24, 2.45) is 0 Å². The van der Waals surface area contributed by atoms with Crippen LogP contribution in [0.25, 0.3) is 10.8 Å². The van der Waals surface area contributed by atoms with E-state index in [1.165, 1.54) is 0 Å². The van der Waals surface area contributed by atoms with E-state index >= 15 is 0 Å². The molecule has 0 amide bonds. The van der Waals surface area contributed by atoms with Crippen molar-refractivity contribution < 1.29 is 4.74 Å². The van der Waals surface area contributed by atoms with Crippen LogP contribution >= 0.6 is 11.6 Å². The van der Waals surface area contributed by atoms with Crippen molar-refractivity contribution in [2.75, 3.05) is 7.11 Å². The van der Waals surface area contributed by atoms with Crippen LogP contribution in [0.5, 0.6) is 5.75 Å². The van der Waals surface area contributed by atoms with Gasteiger partial charge in [-0.05, 0) is 29.7 Å². The van der Waals surface area contributed by atoms with Gasteiger partial charge in [0.25, 0.3) is 0 Å². The topological polar surface area (TPSA) is 9.23 Å². The summed E-state index contributed by atoms with van der Waals surface area (Å²) in [5.41, 5.74) is 0. The van der Waals surface area contributed by atoms with Gasteiger partial charge in [0.1, 0.15) is 5.75 Å². The highest BCUT2D eigenvalue weighted by atomic mass is 35.5. The quantitative estimate of drug-likeness (QED) is 0.672. The molecule has 0 unspecified atom stereocenters. The second-order valence-electron chi connectivity index (χ2n) is 2.83. The Labute approximate surface area is 81.9 Å². The summed E-state index contributed by atoms with van der Waals surface area (Å²) >= 11 is 6.01. The first kappa shape index (κ1) is 8.39. The Morgan fingerprint density at radius 1 is 1.15 bits per heavy atom. The first-order valence-corrected chi connectivity index (χ1v) is 4.41. The minimum absolute atomic E-state index is 0.778. The van der Waals surface area contributed by atoms with Crippen molar-refractivity contribution in [2.45, 2.75) is 0 Å². The monoisotopic (exact) mass is 192 g/mol. The molecule has 0 aromatic heterocycles. The molecule has 0 heterocycles. The van der Waals surface area contributed by atoms with Gasteiger partial charge in [-0.1, -0.05) is 23.7 Å². The van der Waals surface area contributed by atoms with Gasteiger partial charge in [0.05, 0.1) is 7.11 Å². The molecular weight excluding hydrogens is 184 g/mol. The molecule has 2 aromatic rings. The molecule has 2 heteroatoms. The van der Waals surface area contributed by atoms with Gasteiger partial charge in [0, 0.05) is 10.4 Å². The van der Waals surface area contributed by atoms with E-state index in [-0.39, 0.29) is 0 Å². The molecule has 0 saturated heterocycles. The number of benzene rings is 2. The molecule has 0 bridgehead atoms. The van der Waals surface area contributed by atoms with Gasteiger partial charge in [-0.2, -0.15) is 0 Å². The third kappa shape index (κ3) is 1.47. The maximum atomic E-state index is 6.01. The zero-order valence-corrected chi connectivity index (χ0v) is 8.01. The highest BCUT2D eigenvalue weighted by Crippen LogP contribution is 2.26. The van der Waals surface area contributed by atoms with E-state index in [1.807, 2.05) is 36.4 Å². The number of hydrogen-bond donors (Lipinski definition) is 0. The molecule has 13 heavy (non-hydrogen) atoms. The third-order valence-electron chi connectivity index (χ3n) is 2.03. The van der Waals surface area contributed by atoms with E-state index < -0.39 is 0 Å². The minimum atomic E-state index is 0.778. The maximum absolute atomic E-state index is 6.01. The summed E-state index contributed by atoms with van der Waals surface area (Å²) in [7, 11) is 1.66. The number of methoxy groups -OCH3 is 1. The number of rotatable bonds is 1. The van der Waals surface area contributed by atoms with Gasteiger partial charge in [0.15, 0.2) is 0 Å². The van der Waals surface area contributed by atoms with E-state index in [1.54, 1.807) is 7.11 Å². The average molecular weight is 193 g/mol. The van der Waals surface area contributed by atoms with Crippen LogP contribution in [-0.2, 0) is 0 Å². The number of ether oxygens (including phenoxy) is 1. The van der Waals surface area contributed by atoms with Crippen LogP contribution in [0.15, 0.2) is 36.4 Å². The average Bonchev–Trinajstić information content (AvgIpc) is 2.18. The zero-order valence-electron chi connectivity index (χ0n) is 7.25. The fourth-order valence-corrected chi connectivity index (χ4v) is 1.59. The van der Waals surface area contributed by atoms with Crippen LogP contribution in [0, 0.1) is 0 Å². The molecule has 0 atom stereocenters. The summed E-state index contributed by atoms with van der Waals surface area (Å²) in [5, 5.41) is 2.94. The molecule has 0 saturated carbocycles. The lowest BCUT2D eigenvalue weighted by Gasteiger charge is -2.03. The van der Waals surface area contributed by atoms with E-state index in [4.69, 9.17) is 16.3 Å². The van der Waals surface area contributed by atoms with Crippen LogP contribution in [0.1, 0.15) is 0 Å². The second-order valence-corrected chi connectivity index (χ2v) is 3.23. The van der Waals surface area contributed by atoms with Crippen molar-refractivity contribution in [3.63, 3.8) is 0 Å². The molecule has 0 spiro atoms. The first-order valence-electron chi connectivity index (χ1n) is 4.03. The summed E-state index contributed by atoms with van der Waals surface area (Å²) in [5.74, 6) is 0.856. The Hall–Kier alpha value is -1.21. The van der Waals surface area contributed by atoms with Crippen molar-refractivity contribution in [3.05, 3.63) is 41.4 Å². The van der Waals surface area contributed by atoms with Crippen LogP contribution in [0.2, 0.25) is 5.02 Å². The molecule has 0 aliphatic heterocycles. The number of fused-ring (bicyclic) bond motifs is 1. The molecule has 2 rings (SSSR count). The standard InChI is InChI=1S/C11H9ClO/c1-13-9-5-6-10-8(7-9)3-2-4-11(10)12/h2-7H,1H3. The van der Waals surface area contributed by atoms with Gasteiger partial charge in [0.2, 0.25) is 0 Å². The van der Waals surface area contributed by atoms with E-state index in [2.05, 4.69) is 0 Å². The highest BCUT2D eigenvalue weighted by molar-refractivity contribution is 6.35. The molecule has 0 aliphatic rings.